The molecule has 0 saturated carbocycles. The van der Waals surface area contributed by atoms with Crippen molar-refractivity contribution in [2.45, 2.75) is 6.92 Å². The second kappa shape index (κ2) is 4.45. The van der Waals surface area contributed by atoms with Crippen molar-refractivity contribution in [2.75, 3.05) is 12.4 Å². The number of carbonyl (C=O) groups is 2. The second-order valence-corrected chi connectivity index (χ2v) is 2.90. The summed E-state index contributed by atoms with van der Waals surface area (Å²) < 4.78 is 4.56. The zero-order chi connectivity index (χ0) is 11.4. The number of ether oxygens (including phenoxy) is 1. The molecule has 0 radical (unpaired) electrons. The standard InChI is InChI=1S/C10H11NO4/c1-6-7(9(12)15-2)4-3-5-8(6)11-10(13)14/h3-5,11H,1-2H3,(H,13,14). The number of anilines is 1. The average molecular weight is 209 g/mol. The van der Waals surface area contributed by atoms with Gasteiger partial charge in [0.2, 0.25) is 0 Å². The maximum absolute atomic E-state index is 11.3. The average Bonchev–Trinajstić information content (AvgIpc) is 2.19. The summed E-state index contributed by atoms with van der Waals surface area (Å²) in [5.74, 6) is -0.485. The molecule has 0 aliphatic rings. The van der Waals surface area contributed by atoms with Crippen molar-refractivity contribution in [3.05, 3.63) is 29.3 Å². The van der Waals surface area contributed by atoms with Gasteiger partial charge in [-0.05, 0) is 24.6 Å². The fraction of sp³-hybridized carbons (Fsp3) is 0.200. The Labute approximate surface area is 86.7 Å². The van der Waals surface area contributed by atoms with Crippen LogP contribution in [0.25, 0.3) is 0 Å². The van der Waals surface area contributed by atoms with Gasteiger partial charge in [0, 0.05) is 5.69 Å². The molecule has 1 aromatic rings. The second-order valence-electron chi connectivity index (χ2n) is 2.90. The topological polar surface area (TPSA) is 75.6 Å². The van der Waals surface area contributed by atoms with Crippen molar-refractivity contribution in [3.63, 3.8) is 0 Å². The lowest BCUT2D eigenvalue weighted by atomic mass is 10.1. The highest BCUT2D eigenvalue weighted by molar-refractivity contribution is 5.94. The van der Waals surface area contributed by atoms with Crippen LogP contribution in [0.2, 0.25) is 0 Å². The molecule has 1 amide bonds. The van der Waals surface area contributed by atoms with E-state index in [4.69, 9.17) is 5.11 Å². The minimum absolute atomic E-state index is 0.351. The molecule has 0 unspecified atom stereocenters. The summed E-state index contributed by atoms with van der Waals surface area (Å²) >= 11 is 0. The minimum Gasteiger partial charge on any atom is -0.465 e. The Morgan fingerprint density at radius 1 is 1.40 bits per heavy atom. The van der Waals surface area contributed by atoms with E-state index in [-0.39, 0.29) is 0 Å². The normalized spacial score (nSPS) is 9.47. The van der Waals surface area contributed by atoms with Crippen molar-refractivity contribution in [1.82, 2.24) is 0 Å². The van der Waals surface area contributed by atoms with Gasteiger partial charge in [0.1, 0.15) is 0 Å². The van der Waals surface area contributed by atoms with Gasteiger partial charge in [0.25, 0.3) is 0 Å². The van der Waals surface area contributed by atoms with E-state index in [9.17, 15) is 9.59 Å². The lowest BCUT2D eigenvalue weighted by molar-refractivity contribution is 0.0600. The Bertz CT molecular complexity index is 400. The lowest BCUT2D eigenvalue weighted by Gasteiger charge is -2.08. The molecule has 0 aromatic heterocycles. The summed E-state index contributed by atoms with van der Waals surface area (Å²) in [6, 6.07) is 4.74. The van der Waals surface area contributed by atoms with Crippen LogP contribution in [-0.2, 0) is 4.74 Å². The molecule has 0 atom stereocenters. The zero-order valence-electron chi connectivity index (χ0n) is 8.40. The van der Waals surface area contributed by atoms with E-state index < -0.39 is 12.1 Å². The van der Waals surface area contributed by atoms with Crippen LogP contribution in [0.5, 0.6) is 0 Å². The zero-order valence-corrected chi connectivity index (χ0v) is 8.40. The van der Waals surface area contributed by atoms with Gasteiger partial charge in [-0.3, -0.25) is 5.32 Å². The molecular weight excluding hydrogens is 198 g/mol. The van der Waals surface area contributed by atoms with Crippen LogP contribution in [0.4, 0.5) is 10.5 Å². The molecule has 0 bridgehead atoms. The Morgan fingerprint density at radius 2 is 2.07 bits per heavy atom. The van der Waals surface area contributed by atoms with Crippen LogP contribution in [0, 0.1) is 6.92 Å². The number of esters is 1. The summed E-state index contributed by atoms with van der Waals surface area (Å²) in [7, 11) is 1.28. The Morgan fingerprint density at radius 3 is 2.60 bits per heavy atom. The first kappa shape index (κ1) is 11.0. The third-order valence-corrected chi connectivity index (χ3v) is 1.98. The first-order valence-corrected chi connectivity index (χ1v) is 4.24. The lowest BCUT2D eigenvalue weighted by Crippen LogP contribution is -2.11. The summed E-state index contributed by atoms with van der Waals surface area (Å²) in [5, 5.41) is 10.8. The summed E-state index contributed by atoms with van der Waals surface area (Å²) in [6.07, 6.45) is -1.17. The molecule has 0 heterocycles. The maximum Gasteiger partial charge on any atom is 0.409 e. The number of carbonyl (C=O) groups excluding carboxylic acids is 1. The fourth-order valence-electron chi connectivity index (χ4n) is 1.22. The minimum atomic E-state index is -1.17. The molecule has 80 valence electrons. The highest BCUT2D eigenvalue weighted by atomic mass is 16.5. The van der Waals surface area contributed by atoms with Crippen LogP contribution in [-0.4, -0.2) is 24.3 Å². The first-order valence-electron chi connectivity index (χ1n) is 4.24. The molecule has 1 aromatic carbocycles. The highest BCUT2D eigenvalue weighted by Gasteiger charge is 2.12. The molecule has 2 N–H and O–H groups in total. The van der Waals surface area contributed by atoms with E-state index in [0.29, 0.717) is 16.8 Å². The monoisotopic (exact) mass is 209 g/mol. The van der Waals surface area contributed by atoms with Crippen molar-refractivity contribution in [3.8, 4) is 0 Å². The first-order chi connectivity index (χ1) is 7.06. The molecule has 1 rings (SSSR count). The molecule has 0 aliphatic heterocycles. The molecule has 0 fully saturated rings. The van der Waals surface area contributed by atoms with Gasteiger partial charge in [-0.1, -0.05) is 6.07 Å². The van der Waals surface area contributed by atoms with Gasteiger partial charge in [0.05, 0.1) is 12.7 Å². The van der Waals surface area contributed by atoms with Crippen molar-refractivity contribution < 1.29 is 19.4 Å². The fourth-order valence-corrected chi connectivity index (χ4v) is 1.22. The molecule has 5 heteroatoms. The molecule has 0 spiro atoms. The highest BCUT2D eigenvalue weighted by Crippen LogP contribution is 2.19. The van der Waals surface area contributed by atoms with Gasteiger partial charge in [-0.25, -0.2) is 9.59 Å². The van der Waals surface area contributed by atoms with Crippen molar-refractivity contribution in [2.24, 2.45) is 0 Å². The van der Waals surface area contributed by atoms with Gasteiger partial charge in [-0.15, -0.1) is 0 Å². The number of nitrogens with one attached hydrogen (secondary N) is 1. The summed E-state index contributed by atoms with van der Waals surface area (Å²) in [6.45, 7) is 1.65. The van der Waals surface area contributed by atoms with Gasteiger partial charge in [-0.2, -0.15) is 0 Å². The van der Waals surface area contributed by atoms with E-state index in [1.165, 1.54) is 7.11 Å². The van der Waals surface area contributed by atoms with Gasteiger partial charge in [0.15, 0.2) is 0 Å². The van der Waals surface area contributed by atoms with Crippen molar-refractivity contribution >= 4 is 17.7 Å². The van der Waals surface area contributed by atoms with Gasteiger partial charge >= 0.3 is 12.1 Å². The van der Waals surface area contributed by atoms with E-state index >= 15 is 0 Å². The molecular formula is C10H11NO4. The Balaban J connectivity index is 3.11. The number of rotatable bonds is 2. The quantitative estimate of drug-likeness (QED) is 0.729. The number of carboxylic acid groups (broad SMARTS) is 1. The number of hydrogen-bond acceptors (Lipinski definition) is 3. The molecule has 0 saturated heterocycles. The molecule has 0 aliphatic carbocycles. The number of amides is 1. The number of hydrogen-bond donors (Lipinski definition) is 2. The predicted octanol–water partition coefficient (Wildman–Crippen LogP) is 1.87. The van der Waals surface area contributed by atoms with Crippen LogP contribution in [0.3, 0.4) is 0 Å². The van der Waals surface area contributed by atoms with Crippen LogP contribution >= 0.6 is 0 Å². The smallest absolute Gasteiger partial charge is 0.409 e. The van der Waals surface area contributed by atoms with Gasteiger partial charge < -0.3 is 9.84 Å². The van der Waals surface area contributed by atoms with E-state index in [2.05, 4.69) is 10.1 Å². The Kier molecular flexibility index (Phi) is 3.28. The predicted molar refractivity (Wildman–Crippen MR) is 54.2 cm³/mol. The SMILES string of the molecule is COC(=O)c1cccc(NC(=O)O)c1C. The van der Waals surface area contributed by atoms with Crippen LogP contribution in [0.15, 0.2) is 18.2 Å². The summed E-state index contributed by atoms with van der Waals surface area (Å²) in [5.41, 5.74) is 1.28. The van der Waals surface area contributed by atoms with Crippen LogP contribution < -0.4 is 5.32 Å². The van der Waals surface area contributed by atoms with E-state index in [1.807, 2.05) is 0 Å². The Hall–Kier alpha value is -2.04. The van der Waals surface area contributed by atoms with Crippen LogP contribution in [0.1, 0.15) is 15.9 Å². The largest absolute Gasteiger partial charge is 0.465 e. The number of benzene rings is 1. The third kappa shape index (κ3) is 2.46. The maximum atomic E-state index is 11.3. The third-order valence-electron chi connectivity index (χ3n) is 1.98. The molecule has 5 nitrogen and oxygen atoms in total. The van der Waals surface area contributed by atoms with E-state index in [1.54, 1.807) is 25.1 Å². The summed E-state index contributed by atoms with van der Waals surface area (Å²) in [4.78, 5) is 21.7. The molecule has 15 heavy (non-hydrogen) atoms. The number of methoxy groups -OCH3 is 1. The van der Waals surface area contributed by atoms with E-state index in [0.717, 1.165) is 0 Å². The van der Waals surface area contributed by atoms with Crippen molar-refractivity contribution in [1.29, 1.82) is 0 Å².